The lowest BCUT2D eigenvalue weighted by Crippen LogP contribution is -2.51. The van der Waals surface area contributed by atoms with Gasteiger partial charge in [-0.3, -0.25) is 4.79 Å². The molecule has 0 N–H and O–H groups in total. The zero-order chi connectivity index (χ0) is 28.8. The molecular weight excluding hydrogens is 570 g/mol. The number of amides is 1. The fourth-order valence-electron chi connectivity index (χ4n) is 4.87. The zero-order valence-electron chi connectivity index (χ0n) is 22.4. The fourth-order valence-corrected chi connectivity index (χ4v) is 7.97. The van der Waals surface area contributed by atoms with Crippen molar-refractivity contribution < 1.29 is 21.6 Å². The van der Waals surface area contributed by atoms with Gasteiger partial charge in [-0.05, 0) is 61.2 Å². The minimum Gasteiger partial charge on any atom is -0.334 e. The molecule has 1 heterocycles. The molecule has 4 rings (SSSR count). The van der Waals surface area contributed by atoms with Gasteiger partial charge in [0.1, 0.15) is 0 Å². The van der Waals surface area contributed by atoms with Crippen LogP contribution in [0.5, 0.6) is 0 Å². The van der Waals surface area contributed by atoms with Crippen molar-refractivity contribution in [1.29, 1.82) is 0 Å². The second-order valence-corrected chi connectivity index (χ2v) is 14.1. The lowest BCUT2D eigenvalue weighted by Gasteiger charge is -2.39. The zero-order valence-corrected chi connectivity index (χ0v) is 24.8. The van der Waals surface area contributed by atoms with E-state index in [0.29, 0.717) is 30.8 Å². The summed E-state index contributed by atoms with van der Waals surface area (Å²) in [5.74, 6) is -0.309. The van der Waals surface area contributed by atoms with Crippen molar-refractivity contribution in [2.45, 2.75) is 48.6 Å². The molecule has 1 amide bonds. The summed E-state index contributed by atoms with van der Waals surface area (Å²) in [5, 5.41) is 0.458. The van der Waals surface area contributed by atoms with Crippen molar-refractivity contribution in [3.63, 3.8) is 0 Å². The van der Waals surface area contributed by atoms with Crippen LogP contribution < -0.4 is 0 Å². The van der Waals surface area contributed by atoms with E-state index < -0.39 is 20.0 Å². The molecule has 1 aliphatic heterocycles. The molecule has 0 unspecified atom stereocenters. The molecule has 11 heteroatoms. The maximum Gasteiger partial charge on any atom is 0.243 e. The van der Waals surface area contributed by atoms with E-state index in [2.05, 4.69) is 0 Å². The predicted octanol–water partition coefficient (Wildman–Crippen LogP) is 4.62. The first-order valence-corrected chi connectivity index (χ1v) is 16.5. The molecule has 0 atom stereocenters. The van der Waals surface area contributed by atoms with Crippen LogP contribution in [0.15, 0.2) is 94.7 Å². The standard InChI is InChI=1S/C29H34ClN3O5S2/c1-2-19-32(40(37,38)27-11-7-4-8-12-27)23-29(34)33(22-24-9-5-3-6-10-24)26-17-20-31(21-18-26)39(35,36)28-15-13-25(30)14-16-28/h3-16,26H,2,17-23H2,1H3. The Morgan fingerprint density at radius 2 is 1.43 bits per heavy atom. The number of rotatable bonds is 11. The van der Waals surface area contributed by atoms with E-state index in [9.17, 15) is 21.6 Å². The highest BCUT2D eigenvalue weighted by Gasteiger charge is 2.35. The van der Waals surface area contributed by atoms with Crippen molar-refractivity contribution in [3.8, 4) is 0 Å². The summed E-state index contributed by atoms with van der Waals surface area (Å²) in [4.78, 5) is 15.9. The smallest absolute Gasteiger partial charge is 0.243 e. The summed E-state index contributed by atoms with van der Waals surface area (Å²) in [5.41, 5.74) is 0.917. The molecule has 0 bridgehead atoms. The molecule has 40 heavy (non-hydrogen) atoms. The molecule has 1 fully saturated rings. The van der Waals surface area contributed by atoms with Crippen molar-refractivity contribution in [2.75, 3.05) is 26.2 Å². The van der Waals surface area contributed by atoms with Gasteiger partial charge >= 0.3 is 0 Å². The molecule has 214 valence electrons. The third kappa shape index (κ3) is 7.11. The van der Waals surface area contributed by atoms with Crippen LogP contribution in [0.2, 0.25) is 5.02 Å². The van der Waals surface area contributed by atoms with Crippen LogP contribution in [0.25, 0.3) is 0 Å². The summed E-state index contributed by atoms with van der Waals surface area (Å²) in [6, 6.07) is 23.5. The molecule has 1 saturated heterocycles. The third-order valence-electron chi connectivity index (χ3n) is 7.00. The van der Waals surface area contributed by atoms with Crippen LogP contribution in [0.1, 0.15) is 31.7 Å². The number of carbonyl (C=O) groups excluding carboxylic acids is 1. The lowest BCUT2D eigenvalue weighted by molar-refractivity contribution is -0.135. The summed E-state index contributed by atoms with van der Waals surface area (Å²) in [6.07, 6.45) is 1.42. The number of nitrogens with zero attached hydrogens (tertiary/aromatic N) is 3. The van der Waals surface area contributed by atoms with Crippen LogP contribution in [0.3, 0.4) is 0 Å². The minimum absolute atomic E-state index is 0.145. The highest BCUT2D eigenvalue weighted by Crippen LogP contribution is 2.26. The molecule has 3 aromatic rings. The van der Waals surface area contributed by atoms with E-state index >= 15 is 0 Å². The van der Waals surface area contributed by atoms with Gasteiger partial charge in [-0.15, -0.1) is 0 Å². The van der Waals surface area contributed by atoms with E-state index in [1.165, 1.54) is 32.9 Å². The van der Waals surface area contributed by atoms with Gasteiger partial charge in [-0.25, -0.2) is 16.8 Å². The predicted molar refractivity (Wildman–Crippen MR) is 156 cm³/mol. The number of halogens is 1. The molecule has 3 aromatic carbocycles. The van der Waals surface area contributed by atoms with Gasteiger partial charge in [0.25, 0.3) is 0 Å². The van der Waals surface area contributed by atoms with E-state index in [1.54, 1.807) is 35.2 Å². The average molecular weight is 604 g/mol. The van der Waals surface area contributed by atoms with Gasteiger partial charge in [0.15, 0.2) is 0 Å². The minimum atomic E-state index is -3.87. The first-order valence-electron chi connectivity index (χ1n) is 13.3. The molecular formula is C29H34ClN3O5S2. The fraction of sp³-hybridized carbons (Fsp3) is 0.345. The van der Waals surface area contributed by atoms with Crippen molar-refractivity contribution in [3.05, 3.63) is 95.5 Å². The molecule has 0 saturated carbocycles. The maximum absolute atomic E-state index is 13.8. The summed E-state index contributed by atoms with van der Waals surface area (Å²) < 4.78 is 55.8. The third-order valence-corrected chi connectivity index (χ3v) is 11.0. The molecule has 0 spiro atoms. The van der Waals surface area contributed by atoms with Gasteiger partial charge in [0.05, 0.1) is 16.3 Å². The van der Waals surface area contributed by atoms with Crippen molar-refractivity contribution in [2.24, 2.45) is 0 Å². The Bertz CT molecular complexity index is 1480. The van der Waals surface area contributed by atoms with Crippen molar-refractivity contribution >= 4 is 37.6 Å². The SMILES string of the molecule is CCCN(CC(=O)N(Cc1ccccc1)C1CCN(S(=O)(=O)c2ccc(Cl)cc2)CC1)S(=O)(=O)c1ccccc1. The monoisotopic (exact) mass is 603 g/mol. The van der Waals surface area contributed by atoms with E-state index in [-0.39, 0.29) is 47.9 Å². The Labute approximate surface area is 242 Å². The van der Waals surface area contributed by atoms with Gasteiger partial charge in [-0.1, -0.05) is 67.1 Å². The number of hydrogen-bond donors (Lipinski definition) is 0. The molecule has 1 aliphatic rings. The highest BCUT2D eigenvalue weighted by molar-refractivity contribution is 7.89. The van der Waals surface area contributed by atoms with Crippen LogP contribution in [0.4, 0.5) is 0 Å². The Morgan fingerprint density at radius 1 is 0.850 bits per heavy atom. The van der Waals surface area contributed by atoms with Crippen molar-refractivity contribution in [1.82, 2.24) is 13.5 Å². The number of benzene rings is 3. The second-order valence-electron chi connectivity index (χ2n) is 9.75. The molecule has 0 aliphatic carbocycles. The lowest BCUT2D eigenvalue weighted by atomic mass is 10.0. The van der Waals surface area contributed by atoms with Gasteiger partial charge in [0, 0.05) is 37.2 Å². The Hall–Kier alpha value is -2.76. The Morgan fingerprint density at radius 3 is 2.00 bits per heavy atom. The Balaban J connectivity index is 1.54. The van der Waals surface area contributed by atoms with E-state index in [4.69, 9.17) is 11.6 Å². The first-order chi connectivity index (χ1) is 19.1. The number of hydrogen-bond acceptors (Lipinski definition) is 5. The quantitative estimate of drug-likeness (QED) is 0.319. The Kier molecular flexibility index (Phi) is 10.0. The van der Waals surface area contributed by atoms with Gasteiger partial charge in [0.2, 0.25) is 26.0 Å². The van der Waals surface area contributed by atoms with Crippen LogP contribution >= 0.6 is 11.6 Å². The highest BCUT2D eigenvalue weighted by atomic mass is 35.5. The largest absolute Gasteiger partial charge is 0.334 e. The average Bonchev–Trinajstić information content (AvgIpc) is 2.97. The van der Waals surface area contributed by atoms with Crippen LogP contribution in [-0.4, -0.2) is 68.5 Å². The number of sulfonamides is 2. The van der Waals surface area contributed by atoms with E-state index in [0.717, 1.165) is 5.56 Å². The van der Waals surface area contributed by atoms with Gasteiger partial charge in [-0.2, -0.15) is 8.61 Å². The maximum atomic E-state index is 13.8. The summed E-state index contributed by atoms with van der Waals surface area (Å²) >= 11 is 5.93. The molecule has 8 nitrogen and oxygen atoms in total. The molecule has 0 radical (unpaired) electrons. The number of carbonyl (C=O) groups is 1. The summed E-state index contributed by atoms with van der Waals surface area (Å²) in [6.45, 7) is 2.58. The van der Waals surface area contributed by atoms with E-state index in [1.807, 2.05) is 37.3 Å². The summed E-state index contributed by atoms with van der Waals surface area (Å²) in [7, 11) is -7.57. The van der Waals surface area contributed by atoms with Crippen LogP contribution in [-0.2, 0) is 31.4 Å². The first kappa shape index (κ1) is 30.2. The number of piperidine rings is 1. The topological polar surface area (TPSA) is 95.1 Å². The second kappa shape index (κ2) is 13.3. The van der Waals surface area contributed by atoms with Crippen LogP contribution in [0, 0.1) is 0 Å². The van der Waals surface area contributed by atoms with Gasteiger partial charge < -0.3 is 4.90 Å². The normalized spacial score (nSPS) is 15.3. The molecule has 0 aromatic heterocycles.